The normalized spacial score (nSPS) is 12.2. The van der Waals surface area contributed by atoms with Crippen LogP contribution in [0.25, 0.3) is 0 Å². The molecule has 0 atom stereocenters. The van der Waals surface area contributed by atoms with E-state index in [0.29, 0.717) is 0 Å². The third kappa shape index (κ3) is 5.67. The van der Waals surface area contributed by atoms with E-state index in [1.807, 2.05) is 12.2 Å². The molecule has 0 radical (unpaired) electrons. The Hall–Kier alpha value is -0.760. The van der Waals surface area contributed by atoms with Crippen LogP contribution < -0.4 is 5.73 Å². The van der Waals surface area contributed by atoms with Gasteiger partial charge in [0, 0.05) is 6.42 Å². The third-order valence-corrected chi connectivity index (χ3v) is 1.67. The summed E-state index contributed by atoms with van der Waals surface area (Å²) in [4.78, 5) is 0. The zero-order chi connectivity index (χ0) is 8.74. The average Bonchev–Trinajstić information content (AvgIpc) is 1.97. The molecule has 0 saturated carbocycles. The quantitative estimate of drug-likeness (QED) is 0.467. The van der Waals surface area contributed by atoms with Crippen molar-refractivity contribution in [2.45, 2.75) is 6.42 Å². The monoisotopic (exact) mass is 155 g/mol. The Morgan fingerprint density at radius 2 is 2.09 bits per heavy atom. The summed E-state index contributed by atoms with van der Waals surface area (Å²) < 4.78 is 0.972. The van der Waals surface area contributed by atoms with Crippen molar-refractivity contribution >= 4 is 0 Å². The van der Waals surface area contributed by atoms with Gasteiger partial charge in [-0.3, -0.25) is 0 Å². The number of likely N-dealkylation sites (N-methyl/N-ethyl adjacent to an activating group) is 1. The maximum atomic E-state index is 5.25. The van der Waals surface area contributed by atoms with Crippen LogP contribution in [0.2, 0.25) is 0 Å². The zero-order valence-electron chi connectivity index (χ0n) is 7.59. The molecule has 0 unspecified atom stereocenters. The molecule has 0 aliphatic heterocycles. The summed E-state index contributed by atoms with van der Waals surface area (Å²) in [6, 6.07) is 0. The third-order valence-electron chi connectivity index (χ3n) is 1.67. The summed E-state index contributed by atoms with van der Waals surface area (Å²) in [5.41, 5.74) is 5.25. The Kier molecular flexibility index (Phi) is 4.62. The highest BCUT2D eigenvalue weighted by molar-refractivity contribution is 4.75. The summed E-state index contributed by atoms with van der Waals surface area (Å²) in [5, 5.41) is 0. The van der Waals surface area contributed by atoms with Crippen LogP contribution in [0, 0.1) is 0 Å². The van der Waals surface area contributed by atoms with Crippen LogP contribution in [0.1, 0.15) is 6.42 Å². The van der Waals surface area contributed by atoms with E-state index in [0.717, 1.165) is 24.0 Å². The van der Waals surface area contributed by atoms with Crippen LogP contribution in [0.4, 0.5) is 0 Å². The van der Waals surface area contributed by atoms with Crippen LogP contribution in [0.5, 0.6) is 0 Å². The van der Waals surface area contributed by atoms with Gasteiger partial charge in [-0.05, 0) is 12.3 Å². The fraction of sp³-hybridized carbons (Fsp3) is 0.556. The second-order valence-corrected chi connectivity index (χ2v) is 3.35. The largest absolute Gasteiger partial charge is 0.405 e. The maximum absolute atomic E-state index is 5.25. The molecule has 0 bridgehead atoms. The summed E-state index contributed by atoms with van der Waals surface area (Å²) in [6.07, 6.45) is 6.61. The van der Waals surface area contributed by atoms with E-state index in [9.17, 15) is 0 Å². The first-order valence-corrected chi connectivity index (χ1v) is 3.92. The van der Waals surface area contributed by atoms with E-state index in [2.05, 4.69) is 20.7 Å². The minimum absolute atomic E-state index is 0.972. The average molecular weight is 155 g/mol. The highest BCUT2D eigenvalue weighted by Gasteiger charge is 2.09. The number of hydrogen-bond acceptors (Lipinski definition) is 1. The molecule has 2 N–H and O–H groups in total. The number of rotatable bonds is 5. The standard InChI is InChI=1S/C9H19N2/c1-4-5-8-11(2,3)9-6-7-10/h4,6-7H,1,5,8-10H2,2-3H3/q+1. The summed E-state index contributed by atoms with van der Waals surface area (Å²) >= 11 is 0. The van der Waals surface area contributed by atoms with E-state index < -0.39 is 0 Å². The Morgan fingerprint density at radius 3 is 2.55 bits per heavy atom. The van der Waals surface area contributed by atoms with Gasteiger partial charge in [0.1, 0.15) is 0 Å². The van der Waals surface area contributed by atoms with Crippen LogP contribution in [0.3, 0.4) is 0 Å². The van der Waals surface area contributed by atoms with E-state index in [1.165, 1.54) is 0 Å². The van der Waals surface area contributed by atoms with E-state index in [-0.39, 0.29) is 0 Å². The smallest absolute Gasteiger partial charge is 0.0986 e. The number of quaternary nitrogens is 1. The fourth-order valence-electron chi connectivity index (χ4n) is 0.878. The van der Waals surface area contributed by atoms with E-state index >= 15 is 0 Å². The predicted molar refractivity (Wildman–Crippen MR) is 50.0 cm³/mol. The SMILES string of the molecule is C=CCC[N+](C)(C)CC=CN. The Balaban J connectivity index is 3.68. The van der Waals surface area contributed by atoms with E-state index in [4.69, 9.17) is 5.73 Å². The lowest BCUT2D eigenvalue weighted by Crippen LogP contribution is -2.40. The van der Waals surface area contributed by atoms with Gasteiger partial charge in [0.2, 0.25) is 0 Å². The van der Waals surface area contributed by atoms with Crippen molar-refractivity contribution in [1.82, 2.24) is 0 Å². The molecule has 0 aliphatic carbocycles. The summed E-state index contributed by atoms with van der Waals surface area (Å²) in [5.74, 6) is 0. The van der Waals surface area contributed by atoms with Crippen molar-refractivity contribution in [3.05, 3.63) is 24.9 Å². The summed E-state index contributed by atoms with van der Waals surface area (Å²) in [6.45, 7) is 5.80. The zero-order valence-corrected chi connectivity index (χ0v) is 7.59. The molecule has 0 heterocycles. The van der Waals surface area contributed by atoms with Crippen molar-refractivity contribution in [3.63, 3.8) is 0 Å². The molecule has 2 nitrogen and oxygen atoms in total. The minimum Gasteiger partial charge on any atom is -0.405 e. The van der Waals surface area contributed by atoms with Crippen molar-refractivity contribution in [2.24, 2.45) is 5.73 Å². The van der Waals surface area contributed by atoms with Gasteiger partial charge >= 0.3 is 0 Å². The lowest BCUT2D eigenvalue weighted by atomic mass is 10.3. The Bertz CT molecular complexity index is 136. The second-order valence-electron chi connectivity index (χ2n) is 3.35. The van der Waals surface area contributed by atoms with Gasteiger partial charge in [0.05, 0.1) is 27.2 Å². The first-order valence-electron chi connectivity index (χ1n) is 3.92. The van der Waals surface area contributed by atoms with Crippen LogP contribution in [-0.4, -0.2) is 31.7 Å². The molecule has 0 saturated heterocycles. The van der Waals surface area contributed by atoms with Gasteiger partial charge in [-0.15, -0.1) is 6.58 Å². The van der Waals surface area contributed by atoms with Crippen molar-refractivity contribution in [2.75, 3.05) is 27.2 Å². The van der Waals surface area contributed by atoms with Crippen molar-refractivity contribution in [1.29, 1.82) is 0 Å². The van der Waals surface area contributed by atoms with Gasteiger partial charge in [0.15, 0.2) is 0 Å². The molecule has 64 valence electrons. The number of nitrogens with zero attached hydrogens (tertiary/aromatic N) is 1. The van der Waals surface area contributed by atoms with Gasteiger partial charge in [-0.25, -0.2) is 0 Å². The van der Waals surface area contributed by atoms with E-state index in [1.54, 1.807) is 6.20 Å². The van der Waals surface area contributed by atoms with Crippen LogP contribution in [-0.2, 0) is 0 Å². The molecular weight excluding hydrogens is 136 g/mol. The molecule has 0 aromatic carbocycles. The predicted octanol–water partition coefficient (Wildman–Crippen LogP) is 1.11. The molecule has 0 fully saturated rings. The molecule has 2 heteroatoms. The topological polar surface area (TPSA) is 26.0 Å². The number of hydrogen-bond donors (Lipinski definition) is 1. The highest BCUT2D eigenvalue weighted by atomic mass is 15.3. The molecule has 11 heavy (non-hydrogen) atoms. The Morgan fingerprint density at radius 1 is 1.45 bits per heavy atom. The molecule has 0 spiro atoms. The molecule has 0 rings (SSSR count). The lowest BCUT2D eigenvalue weighted by molar-refractivity contribution is -0.884. The molecule has 0 aromatic heterocycles. The van der Waals surface area contributed by atoms with Crippen molar-refractivity contribution in [3.8, 4) is 0 Å². The number of nitrogens with two attached hydrogens (primary N) is 1. The van der Waals surface area contributed by atoms with Gasteiger partial charge in [-0.2, -0.15) is 0 Å². The van der Waals surface area contributed by atoms with Gasteiger partial charge in [-0.1, -0.05) is 6.08 Å². The van der Waals surface area contributed by atoms with Crippen LogP contribution >= 0.6 is 0 Å². The maximum Gasteiger partial charge on any atom is 0.0986 e. The lowest BCUT2D eigenvalue weighted by Gasteiger charge is -2.27. The fourth-order valence-corrected chi connectivity index (χ4v) is 0.878. The molecular formula is C9H19N2+. The highest BCUT2D eigenvalue weighted by Crippen LogP contribution is 1.99. The Labute approximate surface area is 69.6 Å². The molecule has 0 aromatic rings. The van der Waals surface area contributed by atoms with Gasteiger partial charge in [0.25, 0.3) is 0 Å². The first kappa shape index (κ1) is 10.2. The minimum atomic E-state index is 0.972. The summed E-state index contributed by atoms with van der Waals surface area (Å²) in [7, 11) is 4.37. The van der Waals surface area contributed by atoms with Crippen molar-refractivity contribution < 1.29 is 4.48 Å². The second kappa shape index (κ2) is 4.97. The molecule has 0 amide bonds. The molecule has 0 aliphatic rings. The van der Waals surface area contributed by atoms with Gasteiger partial charge < -0.3 is 10.2 Å². The van der Waals surface area contributed by atoms with Crippen LogP contribution in [0.15, 0.2) is 24.9 Å². The first-order chi connectivity index (χ1) is 5.12.